The van der Waals surface area contributed by atoms with Crippen LogP contribution in [0.25, 0.3) is 0 Å². The first-order valence-corrected chi connectivity index (χ1v) is 8.47. The standard InChI is InChI=1S/C18H18ClFN2S/c19-16-6-2-1-5-15(16)18(11-3-4-12-18)22-17(23)21-14-9-7-13(20)8-10-14/h1-2,5-10H,3-4,11-12H2,(H2,21,22,23). The van der Waals surface area contributed by atoms with Crippen molar-refractivity contribution in [3.8, 4) is 0 Å². The van der Waals surface area contributed by atoms with E-state index in [-0.39, 0.29) is 11.4 Å². The molecule has 0 spiro atoms. The first kappa shape index (κ1) is 16.2. The van der Waals surface area contributed by atoms with E-state index in [2.05, 4.69) is 16.7 Å². The predicted molar refractivity (Wildman–Crippen MR) is 97.4 cm³/mol. The Bertz CT molecular complexity index is 696. The molecule has 0 heterocycles. The van der Waals surface area contributed by atoms with Gasteiger partial charge in [0.25, 0.3) is 0 Å². The number of anilines is 1. The van der Waals surface area contributed by atoms with Crippen molar-refractivity contribution in [2.75, 3.05) is 5.32 Å². The van der Waals surface area contributed by atoms with E-state index in [1.165, 1.54) is 12.1 Å². The SMILES string of the molecule is Fc1ccc(NC(=S)NC2(c3ccccc3Cl)CCCC2)cc1. The molecule has 5 heteroatoms. The minimum atomic E-state index is -0.266. The predicted octanol–water partition coefficient (Wildman–Crippen LogP) is 5.24. The zero-order valence-electron chi connectivity index (χ0n) is 12.6. The zero-order valence-corrected chi connectivity index (χ0v) is 14.2. The van der Waals surface area contributed by atoms with Crippen LogP contribution in [0, 0.1) is 5.82 Å². The summed E-state index contributed by atoms with van der Waals surface area (Å²) in [5.74, 6) is -0.266. The van der Waals surface area contributed by atoms with E-state index in [4.69, 9.17) is 23.8 Å². The average Bonchev–Trinajstić information content (AvgIpc) is 2.99. The Kier molecular flexibility index (Phi) is 4.83. The lowest BCUT2D eigenvalue weighted by Crippen LogP contribution is -2.45. The van der Waals surface area contributed by atoms with Gasteiger partial charge in [-0.1, -0.05) is 42.6 Å². The lowest BCUT2D eigenvalue weighted by atomic mass is 9.88. The molecule has 0 radical (unpaired) electrons. The molecule has 0 aliphatic heterocycles. The van der Waals surface area contributed by atoms with Crippen molar-refractivity contribution >= 4 is 34.6 Å². The molecule has 1 aliphatic carbocycles. The van der Waals surface area contributed by atoms with Crippen molar-refractivity contribution in [2.24, 2.45) is 0 Å². The third kappa shape index (κ3) is 3.65. The summed E-state index contributed by atoms with van der Waals surface area (Å²) >= 11 is 11.9. The van der Waals surface area contributed by atoms with E-state index in [1.807, 2.05) is 18.2 Å². The Balaban J connectivity index is 1.79. The highest BCUT2D eigenvalue weighted by molar-refractivity contribution is 7.80. The van der Waals surface area contributed by atoms with E-state index in [1.54, 1.807) is 12.1 Å². The molecule has 2 aromatic carbocycles. The van der Waals surface area contributed by atoms with Crippen LogP contribution in [0.15, 0.2) is 48.5 Å². The van der Waals surface area contributed by atoms with Gasteiger partial charge >= 0.3 is 0 Å². The number of nitrogens with one attached hydrogen (secondary N) is 2. The molecule has 0 unspecified atom stereocenters. The van der Waals surface area contributed by atoms with Crippen LogP contribution in [0.4, 0.5) is 10.1 Å². The van der Waals surface area contributed by atoms with Crippen molar-refractivity contribution in [2.45, 2.75) is 31.2 Å². The fourth-order valence-corrected chi connectivity index (χ4v) is 3.83. The summed E-state index contributed by atoms with van der Waals surface area (Å²) in [4.78, 5) is 0. The Labute approximate surface area is 146 Å². The van der Waals surface area contributed by atoms with Gasteiger partial charge in [-0.2, -0.15) is 0 Å². The van der Waals surface area contributed by atoms with Crippen LogP contribution in [0.5, 0.6) is 0 Å². The van der Waals surface area contributed by atoms with Crippen LogP contribution >= 0.6 is 23.8 Å². The van der Waals surface area contributed by atoms with Gasteiger partial charge in [0, 0.05) is 10.7 Å². The number of thiocarbonyl (C=S) groups is 1. The summed E-state index contributed by atoms with van der Waals surface area (Å²) in [7, 11) is 0. The molecule has 1 aliphatic rings. The van der Waals surface area contributed by atoms with Crippen LogP contribution in [-0.4, -0.2) is 5.11 Å². The molecule has 2 aromatic rings. The molecule has 0 saturated heterocycles. The summed E-state index contributed by atoms with van der Waals surface area (Å²) in [6.45, 7) is 0. The van der Waals surface area contributed by atoms with Gasteiger partial charge in [-0.25, -0.2) is 4.39 Å². The second-order valence-electron chi connectivity index (χ2n) is 5.86. The second-order valence-corrected chi connectivity index (χ2v) is 6.67. The fraction of sp³-hybridized carbons (Fsp3) is 0.278. The van der Waals surface area contributed by atoms with Crippen molar-refractivity contribution in [3.63, 3.8) is 0 Å². The maximum Gasteiger partial charge on any atom is 0.171 e. The number of rotatable bonds is 3. The summed E-state index contributed by atoms with van der Waals surface area (Å²) < 4.78 is 13.0. The van der Waals surface area contributed by atoms with Crippen LogP contribution in [-0.2, 0) is 5.54 Å². The molecule has 2 nitrogen and oxygen atoms in total. The molecule has 3 rings (SSSR count). The van der Waals surface area contributed by atoms with Gasteiger partial charge in [-0.15, -0.1) is 0 Å². The molecule has 1 saturated carbocycles. The molecule has 0 bridgehead atoms. The Morgan fingerprint density at radius 2 is 1.70 bits per heavy atom. The zero-order chi connectivity index (χ0) is 16.3. The summed E-state index contributed by atoms with van der Waals surface area (Å²) in [5.41, 5.74) is 1.61. The monoisotopic (exact) mass is 348 g/mol. The van der Waals surface area contributed by atoms with Gasteiger partial charge in [-0.3, -0.25) is 0 Å². The van der Waals surface area contributed by atoms with Crippen LogP contribution in [0.3, 0.4) is 0 Å². The van der Waals surface area contributed by atoms with Gasteiger partial charge in [0.15, 0.2) is 5.11 Å². The first-order valence-electron chi connectivity index (χ1n) is 7.69. The summed E-state index contributed by atoms with van der Waals surface area (Å²) in [6, 6.07) is 14.0. The summed E-state index contributed by atoms with van der Waals surface area (Å²) in [5, 5.41) is 7.86. The van der Waals surface area contributed by atoms with Crippen molar-refractivity contribution < 1.29 is 4.39 Å². The highest BCUT2D eigenvalue weighted by Gasteiger charge is 2.37. The highest BCUT2D eigenvalue weighted by atomic mass is 35.5. The van der Waals surface area contributed by atoms with E-state index >= 15 is 0 Å². The van der Waals surface area contributed by atoms with Gasteiger partial charge in [0.2, 0.25) is 0 Å². The number of hydrogen-bond donors (Lipinski definition) is 2. The molecule has 120 valence electrons. The molecule has 0 aromatic heterocycles. The third-order valence-corrected chi connectivity index (χ3v) is 4.84. The molecule has 23 heavy (non-hydrogen) atoms. The largest absolute Gasteiger partial charge is 0.353 e. The maximum atomic E-state index is 13.0. The molecule has 2 N–H and O–H groups in total. The topological polar surface area (TPSA) is 24.1 Å². The van der Waals surface area contributed by atoms with Gasteiger partial charge in [-0.05, 0) is 61.0 Å². The molecule has 0 atom stereocenters. The quantitative estimate of drug-likeness (QED) is 0.742. The maximum absolute atomic E-state index is 13.0. The van der Waals surface area contributed by atoms with Crippen molar-refractivity contribution in [1.82, 2.24) is 5.32 Å². The molecular formula is C18H18ClFN2S. The van der Waals surface area contributed by atoms with Crippen LogP contribution < -0.4 is 10.6 Å². The van der Waals surface area contributed by atoms with Crippen LogP contribution in [0.2, 0.25) is 5.02 Å². The molecule has 0 amide bonds. The van der Waals surface area contributed by atoms with Crippen molar-refractivity contribution in [1.29, 1.82) is 0 Å². The third-order valence-electron chi connectivity index (χ3n) is 4.30. The normalized spacial score (nSPS) is 16.1. The first-order chi connectivity index (χ1) is 11.1. The van der Waals surface area contributed by atoms with Gasteiger partial charge < -0.3 is 10.6 Å². The van der Waals surface area contributed by atoms with E-state index < -0.39 is 0 Å². The van der Waals surface area contributed by atoms with Crippen LogP contribution in [0.1, 0.15) is 31.2 Å². The summed E-state index contributed by atoms with van der Waals surface area (Å²) in [6.07, 6.45) is 4.25. The average molecular weight is 349 g/mol. The fourth-order valence-electron chi connectivity index (χ4n) is 3.20. The Morgan fingerprint density at radius 1 is 1.04 bits per heavy atom. The minimum Gasteiger partial charge on any atom is -0.353 e. The lowest BCUT2D eigenvalue weighted by Gasteiger charge is -2.33. The van der Waals surface area contributed by atoms with E-state index in [0.29, 0.717) is 5.11 Å². The Morgan fingerprint density at radius 3 is 2.35 bits per heavy atom. The smallest absolute Gasteiger partial charge is 0.171 e. The van der Waals surface area contributed by atoms with Gasteiger partial charge in [0.1, 0.15) is 5.82 Å². The molecular weight excluding hydrogens is 331 g/mol. The minimum absolute atomic E-state index is 0.234. The number of halogens is 2. The lowest BCUT2D eigenvalue weighted by molar-refractivity contribution is 0.408. The number of benzene rings is 2. The second kappa shape index (κ2) is 6.85. The Hall–Kier alpha value is -1.65. The molecule has 1 fully saturated rings. The highest BCUT2D eigenvalue weighted by Crippen LogP contribution is 2.41. The van der Waals surface area contributed by atoms with Crippen molar-refractivity contribution in [3.05, 3.63) is 64.9 Å². The van der Waals surface area contributed by atoms with E-state index in [9.17, 15) is 4.39 Å². The van der Waals surface area contributed by atoms with Gasteiger partial charge in [0.05, 0.1) is 5.54 Å². The number of hydrogen-bond acceptors (Lipinski definition) is 1. The van der Waals surface area contributed by atoms with E-state index in [0.717, 1.165) is 42.0 Å².